The smallest absolute Gasteiger partial charge is 0.387 e. The maximum atomic E-state index is 15.4. The van der Waals surface area contributed by atoms with Gasteiger partial charge >= 0.3 is 6.61 Å². The number of unbranched alkanes of at least 4 members (excludes halogenated alkanes) is 4. The van der Waals surface area contributed by atoms with Gasteiger partial charge < -0.3 is 4.74 Å². The number of rotatable bonds is 10. The van der Waals surface area contributed by atoms with Gasteiger partial charge in [-0.05, 0) is 52.6 Å². The average Bonchev–Trinajstić information content (AvgIpc) is 2.84. The maximum Gasteiger partial charge on any atom is 0.387 e. The quantitative estimate of drug-likeness (QED) is 0.213. The van der Waals surface area contributed by atoms with Crippen molar-refractivity contribution in [2.75, 3.05) is 0 Å². The highest BCUT2D eigenvalue weighted by molar-refractivity contribution is 5.89. The molecule has 0 fully saturated rings. The summed E-state index contributed by atoms with van der Waals surface area (Å²) < 4.78 is 44.4. The number of halogens is 3. The molecule has 0 saturated carbocycles. The van der Waals surface area contributed by atoms with E-state index in [9.17, 15) is 8.78 Å². The zero-order chi connectivity index (χ0) is 23.9. The molecule has 0 aliphatic carbocycles. The number of hydrogen-bond donors (Lipinski definition) is 0. The molecule has 0 amide bonds. The Hall–Kier alpha value is -3.27. The van der Waals surface area contributed by atoms with Crippen LogP contribution in [-0.2, 0) is 6.42 Å². The van der Waals surface area contributed by atoms with Crippen molar-refractivity contribution in [1.82, 2.24) is 0 Å². The largest absolute Gasteiger partial charge is 0.435 e. The minimum absolute atomic E-state index is 0.119. The van der Waals surface area contributed by atoms with Gasteiger partial charge in [-0.25, -0.2) is 4.39 Å². The fourth-order valence-corrected chi connectivity index (χ4v) is 4.32. The molecule has 0 spiro atoms. The lowest BCUT2D eigenvalue weighted by Gasteiger charge is -2.10. The van der Waals surface area contributed by atoms with Crippen LogP contribution in [0.4, 0.5) is 13.2 Å². The number of hydrogen-bond acceptors (Lipinski definition) is 1. The van der Waals surface area contributed by atoms with Crippen molar-refractivity contribution in [3.63, 3.8) is 0 Å². The van der Waals surface area contributed by atoms with Gasteiger partial charge in [0, 0.05) is 10.9 Å². The highest BCUT2D eigenvalue weighted by atomic mass is 19.3. The molecular formula is C30H29F3O. The van der Waals surface area contributed by atoms with Crippen LogP contribution < -0.4 is 4.74 Å². The fourth-order valence-electron chi connectivity index (χ4n) is 4.32. The molecule has 0 aliphatic heterocycles. The summed E-state index contributed by atoms with van der Waals surface area (Å²) in [7, 11) is 0. The maximum absolute atomic E-state index is 15.4. The minimum Gasteiger partial charge on any atom is -0.435 e. The molecule has 1 nitrogen and oxygen atoms in total. The molecular weight excluding hydrogens is 433 g/mol. The normalized spacial score (nSPS) is 11.3. The van der Waals surface area contributed by atoms with Crippen LogP contribution in [0.1, 0.15) is 44.6 Å². The molecule has 0 atom stereocenters. The third-order valence-corrected chi connectivity index (χ3v) is 6.20. The first kappa shape index (κ1) is 23.9. The third-order valence-electron chi connectivity index (χ3n) is 6.20. The Morgan fingerprint density at radius 2 is 1.35 bits per heavy atom. The molecule has 0 aromatic heterocycles. The Balaban J connectivity index is 1.49. The predicted octanol–water partition coefficient (Wildman–Crippen LogP) is 9.43. The predicted molar refractivity (Wildman–Crippen MR) is 134 cm³/mol. The molecule has 34 heavy (non-hydrogen) atoms. The number of ether oxygens (including phenoxy) is 1. The molecule has 0 heterocycles. The number of aryl methyl sites for hydroxylation is 1. The van der Waals surface area contributed by atoms with E-state index in [2.05, 4.69) is 17.7 Å². The summed E-state index contributed by atoms with van der Waals surface area (Å²) in [5, 5.41) is 1.56. The van der Waals surface area contributed by atoms with Crippen molar-refractivity contribution in [3.8, 4) is 28.0 Å². The summed E-state index contributed by atoms with van der Waals surface area (Å²) in [4.78, 5) is 0. The Morgan fingerprint density at radius 1 is 0.706 bits per heavy atom. The van der Waals surface area contributed by atoms with Gasteiger partial charge in [-0.2, -0.15) is 8.78 Å². The molecule has 0 radical (unpaired) electrons. The van der Waals surface area contributed by atoms with Crippen molar-refractivity contribution < 1.29 is 17.9 Å². The second-order valence-electron chi connectivity index (χ2n) is 8.63. The topological polar surface area (TPSA) is 9.23 Å². The molecule has 4 aromatic rings. The minimum atomic E-state index is -2.84. The van der Waals surface area contributed by atoms with E-state index in [4.69, 9.17) is 0 Å². The molecule has 0 aliphatic rings. The highest BCUT2D eigenvalue weighted by Crippen LogP contribution is 2.32. The van der Waals surface area contributed by atoms with Crippen LogP contribution in [0.25, 0.3) is 33.0 Å². The van der Waals surface area contributed by atoms with Gasteiger partial charge in [0.25, 0.3) is 0 Å². The number of alkyl halides is 2. The molecule has 0 unspecified atom stereocenters. The number of fused-ring (bicyclic) bond motifs is 1. The van der Waals surface area contributed by atoms with E-state index >= 15 is 4.39 Å². The van der Waals surface area contributed by atoms with Gasteiger partial charge in [-0.1, -0.05) is 99.3 Å². The van der Waals surface area contributed by atoms with E-state index < -0.39 is 6.61 Å². The molecule has 4 aromatic carbocycles. The molecule has 4 rings (SSSR count). The van der Waals surface area contributed by atoms with E-state index in [1.165, 1.54) is 49.8 Å². The average molecular weight is 463 g/mol. The Kier molecular flexibility index (Phi) is 7.89. The van der Waals surface area contributed by atoms with Crippen LogP contribution >= 0.6 is 0 Å². The van der Waals surface area contributed by atoms with Crippen molar-refractivity contribution in [1.29, 1.82) is 0 Å². The SMILES string of the molecule is CCCCCCCc1ccc2c(F)c(-c3ccc(-c4ccc(OC(F)F)cc4)cc3)ccc2c1. The first-order valence-electron chi connectivity index (χ1n) is 11.9. The fraction of sp³-hybridized carbons (Fsp3) is 0.267. The number of benzene rings is 4. The second-order valence-corrected chi connectivity index (χ2v) is 8.63. The Labute approximate surface area is 199 Å². The van der Waals surface area contributed by atoms with Gasteiger partial charge in [0.05, 0.1) is 0 Å². The van der Waals surface area contributed by atoms with Gasteiger partial charge in [-0.3, -0.25) is 0 Å². The van der Waals surface area contributed by atoms with Crippen molar-refractivity contribution in [2.45, 2.75) is 52.1 Å². The molecule has 176 valence electrons. The second kappa shape index (κ2) is 11.2. The lowest BCUT2D eigenvalue weighted by atomic mass is 9.96. The van der Waals surface area contributed by atoms with Gasteiger partial charge in [0.2, 0.25) is 0 Å². The molecule has 4 heteroatoms. The highest BCUT2D eigenvalue weighted by Gasteiger charge is 2.11. The summed E-state index contributed by atoms with van der Waals surface area (Å²) in [6.07, 6.45) is 7.24. The monoisotopic (exact) mass is 462 g/mol. The standard InChI is InChI=1S/C30H29F3O/c1-2-3-4-5-6-7-21-8-18-28-25(20-21)15-19-27(29(28)31)24-11-9-22(10-12-24)23-13-16-26(17-14-23)34-30(32)33/h8-20,30H,2-7H2,1H3. The van der Waals surface area contributed by atoms with Crippen LogP contribution in [0, 0.1) is 5.82 Å². The van der Waals surface area contributed by atoms with Crippen LogP contribution in [0.5, 0.6) is 5.75 Å². The van der Waals surface area contributed by atoms with Crippen molar-refractivity contribution >= 4 is 10.8 Å². The Bertz CT molecular complexity index is 1210. The van der Waals surface area contributed by atoms with Crippen molar-refractivity contribution in [2.24, 2.45) is 0 Å². The lowest BCUT2D eigenvalue weighted by molar-refractivity contribution is -0.0498. The van der Waals surface area contributed by atoms with Crippen LogP contribution in [0.15, 0.2) is 78.9 Å². The summed E-state index contributed by atoms with van der Waals surface area (Å²) >= 11 is 0. The van der Waals surface area contributed by atoms with E-state index in [0.717, 1.165) is 28.5 Å². The first-order chi connectivity index (χ1) is 16.5. The van der Waals surface area contributed by atoms with E-state index in [-0.39, 0.29) is 11.6 Å². The Morgan fingerprint density at radius 3 is 2.03 bits per heavy atom. The lowest BCUT2D eigenvalue weighted by Crippen LogP contribution is -2.01. The summed E-state index contributed by atoms with van der Waals surface area (Å²) in [5.41, 5.74) is 4.39. The van der Waals surface area contributed by atoms with Crippen LogP contribution in [0.2, 0.25) is 0 Å². The van der Waals surface area contributed by atoms with Gasteiger partial charge in [0.15, 0.2) is 0 Å². The van der Waals surface area contributed by atoms with E-state index in [1.54, 1.807) is 12.1 Å². The van der Waals surface area contributed by atoms with Crippen LogP contribution in [0.3, 0.4) is 0 Å². The summed E-state index contributed by atoms with van der Waals surface area (Å²) in [5.74, 6) is -0.0958. The third kappa shape index (κ3) is 5.80. The van der Waals surface area contributed by atoms with E-state index in [0.29, 0.717) is 10.9 Å². The van der Waals surface area contributed by atoms with Crippen LogP contribution in [-0.4, -0.2) is 6.61 Å². The summed E-state index contributed by atoms with van der Waals surface area (Å²) in [6, 6.07) is 23.9. The van der Waals surface area contributed by atoms with Gasteiger partial charge in [0.1, 0.15) is 11.6 Å². The molecule has 0 saturated heterocycles. The molecule has 0 bridgehead atoms. The van der Waals surface area contributed by atoms with Gasteiger partial charge in [-0.15, -0.1) is 0 Å². The zero-order valence-corrected chi connectivity index (χ0v) is 19.4. The first-order valence-corrected chi connectivity index (χ1v) is 11.9. The summed E-state index contributed by atoms with van der Waals surface area (Å²) in [6.45, 7) is -0.625. The molecule has 0 N–H and O–H groups in total. The zero-order valence-electron chi connectivity index (χ0n) is 19.4. The van der Waals surface area contributed by atoms with E-state index in [1.807, 2.05) is 48.5 Å². The van der Waals surface area contributed by atoms with Crippen molar-refractivity contribution in [3.05, 3.63) is 90.2 Å².